The van der Waals surface area contributed by atoms with Gasteiger partial charge in [0.2, 0.25) is 5.91 Å². The van der Waals surface area contributed by atoms with E-state index in [1.165, 1.54) is 0 Å². The second kappa shape index (κ2) is 7.12. The van der Waals surface area contributed by atoms with Crippen molar-refractivity contribution in [3.8, 4) is 11.5 Å². The Morgan fingerprint density at radius 2 is 2.15 bits per heavy atom. The minimum atomic E-state index is -0.166. The first-order valence-electron chi connectivity index (χ1n) is 6.67. The van der Waals surface area contributed by atoms with Crippen LogP contribution >= 0.6 is 0 Å². The van der Waals surface area contributed by atoms with Gasteiger partial charge in [0.05, 0.1) is 12.6 Å². The van der Waals surface area contributed by atoms with Gasteiger partial charge in [-0.1, -0.05) is 6.07 Å². The number of nitrogens with one attached hydrogen (secondary N) is 1. The maximum absolute atomic E-state index is 11.7. The molecule has 1 unspecified atom stereocenters. The fourth-order valence-corrected chi connectivity index (χ4v) is 1.94. The van der Waals surface area contributed by atoms with E-state index in [-0.39, 0.29) is 18.6 Å². The van der Waals surface area contributed by atoms with Crippen molar-refractivity contribution in [3.63, 3.8) is 0 Å². The first kappa shape index (κ1) is 14.6. The Kier molecular flexibility index (Phi) is 5.20. The van der Waals surface area contributed by atoms with Crippen LogP contribution in [0.25, 0.3) is 0 Å². The largest absolute Gasteiger partial charge is 0.486 e. The summed E-state index contributed by atoms with van der Waals surface area (Å²) in [5.41, 5.74) is 6.25. The molecule has 0 aromatic heterocycles. The molecule has 1 aliphatic rings. The molecule has 110 valence electrons. The molecule has 1 aromatic rings. The second-order valence-electron chi connectivity index (χ2n) is 4.53. The van der Waals surface area contributed by atoms with E-state index in [1.807, 2.05) is 25.1 Å². The molecule has 1 amide bonds. The van der Waals surface area contributed by atoms with Gasteiger partial charge < -0.3 is 25.3 Å². The molecule has 0 spiro atoms. The molecule has 0 radical (unpaired) electrons. The van der Waals surface area contributed by atoms with Crippen LogP contribution < -0.4 is 20.5 Å². The maximum Gasteiger partial charge on any atom is 0.246 e. The molecule has 1 aromatic carbocycles. The normalized spacial score (nSPS) is 14.7. The molecule has 0 aliphatic carbocycles. The number of rotatable bonds is 6. The van der Waals surface area contributed by atoms with E-state index in [9.17, 15) is 4.79 Å². The van der Waals surface area contributed by atoms with E-state index in [4.69, 9.17) is 19.9 Å². The van der Waals surface area contributed by atoms with Gasteiger partial charge in [0.1, 0.15) is 19.8 Å². The fourth-order valence-electron chi connectivity index (χ4n) is 1.94. The number of hydrogen-bond acceptors (Lipinski definition) is 5. The Labute approximate surface area is 118 Å². The summed E-state index contributed by atoms with van der Waals surface area (Å²) in [5.74, 6) is 1.29. The monoisotopic (exact) mass is 280 g/mol. The Morgan fingerprint density at radius 1 is 1.40 bits per heavy atom. The number of benzene rings is 1. The lowest BCUT2D eigenvalue weighted by Gasteiger charge is -2.21. The van der Waals surface area contributed by atoms with Crippen molar-refractivity contribution in [3.05, 3.63) is 23.8 Å². The van der Waals surface area contributed by atoms with Gasteiger partial charge in [-0.25, -0.2) is 0 Å². The van der Waals surface area contributed by atoms with Crippen molar-refractivity contribution in [2.75, 3.05) is 33.0 Å². The third kappa shape index (κ3) is 3.85. The zero-order valence-corrected chi connectivity index (χ0v) is 11.6. The summed E-state index contributed by atoms with van der Waals surface area (Å²) >= 11 is 0. The SMILES string of the molecule is CC(NC(=O)COCCN)c1ccc2c(c1)OCCO2. The van der Waals surface area contributed by atoms with Crippen LogP contribution in [0.1, 0.15) is 18.5 Å². The number of carbonyl (C=O) groups is 1. The predicted octanol–water partition coefficient (Wildman–Crippen LogP) is 0.610. The van der Waals surface area contributed by atoms with Crippen LogP contribution in [0.4, 0.5) is 0 Å². The van der Waals surface area contributed by atoms with Gasteiger partial charge in [-0.15, -0.1) is 0 Å². The standard InChI is InChI=1S/C14H20N2O4/c1-10(16-14(17)9-18-5-4-15)11-2-3-12-13(8-11)20-7-6-19-12/h2-3,8,10H,4-7,9,15H2,1H3,(H,16,17). The highest BCUT2D eigenvalue weighted by atomic mass is 16.6. The molecular weight excluding hydrogens is 260 g/mol. The van der Waals surface area contributed by atoms with Crippen molar-refractivity contribution >= 4 is 5.91 Å². The molecule has 0 saturated carbocycles. The lowest BCUT2D eigenvalue weighted by Crippen LogP contribution is -2.31. The highest BCUT2D eigenvalue weighted by molar-refractivity contribution is 5.77. The summed E-state index contributed by atoms with van der Waals surface area (Å²) in [5, 5.41) is 2.86. The summed E-state index contributed by atoms with van der Waals surface area (Å²) in [7, 11) is 0. The molecular formula is C14H20N2O4. The molecule has 0 saturated heterocycles. The third-order valence-corrected chi connectivity index (χ3v) is 2.94. The molecule has 6 nitrogen and oxygen atoms in total. The summed E-state index contributed by atoms with van der Waals surface area (Å²) in [6.45, 7) is 3.83. The van der Waals surface area contributed by atoms with Gasteiger partial charge in [-0.05, 0) is 24.6 Å². The van der Waals surface area contributed by atoms with Crippen LogP contribution in [-0.4, -0.2) is 38.9 Å². The van der Waals surface area contributed by atoms with E-state index in [0.717, 1.165) is 11.3 Å². The number of fused-ring (bicyclic) bond motifs is 1. The minimum absolute atomic E-state index is 0.0199. The summed E-state index contributed by atoms with van der Waals surface area (Å²) in [6, 6.07) is 5.54. The molecule has 6 heteroatoms. The smallest absolute Gasteiger partial charge is 0.246 e. The summed E-state index contributed by atoms with van der Waals surface area (Å²) in [6.07, 6.45) is 0. The number of ether oxygens (including phenoxy) is 3. The van der Waals surface area contributed by atoms with Crippen molar-refractivity contribution in [2.24, 2.45) is 5.73 Å². The second-order valence-corrected chi connectivity index (χ2v) is 4.53. The van der Waals surface area contributed by atoms with Crippen LogP contribution in [0.5, 0.6) is 11.5 Å². The van der Waals surface area contributed by atoms with Gasteiger partial charge in [0.25, 0.3) is 0 Å². The molecule has 3 N–H and O–H groups in total. The van der Waals surface area contributed by atoms with Crippen LogP contribution in [0.3, 0.4) is 0 Å². The van der Waals surface area contributed by atoms with Gasteiger partial charge >= 0.3 is 0 Å². The summed E-state index contributed by atoms with van der Waals surface area (Å²) < 4.78 is 16.1. The van der Waals surface area contributed by atoms with Crippen molar-refractivity contribution in [1.82, 2.24) is 5.32 Å². The van der Waals surface area contributed by atoms with Crippen LogP contribution in [0.2, 0.25) is 0 Å². The first-order valence-corrected chi connectivity index (χ1v) is 6.67. The third-order valence-electron chi connectivity index (χ3n) is 2.94. The van der Waals surface area contributed by atoms with Gasteiger partial charge in [0, 0.05) is 6.54 Å². The molecule has 20 heavy (non-hydrogen) atoms. The average Bonchev–Trinajstić information content (AvgIpc) is 2.47. The lowest BCUT2D eigenvalue weighted by atomic mass is 10.1. The van der Waals surface area contributed by atoms with Crippen LogP contribution in [0, 0.1) is 0 Å². The van der Waals surface area contributed by atoms with Crippen molar-refractivity contribution in [1.29, 1.82) is 0 Å². The van der Waals surface area contributed by atoms with Crippen molar-refractivity contribution in [2.45, 2.75) is 13.0 Å². The first-order chi connectivity index (χ1) is 9.70. The van der Waals surface area contributed by atoms with Crippen molar-refractivity contribution < 1.29 is 19.0 Å². The summed E-state index contributed by atoms with van der Waals surface area (Å²) in [4.78, 5) is 11.7. The Hall–Kier alpha value is -1.79. The van der Waals surface area contributed by atoms with E-state index < -0.39 is 0 Å². The molecule has 1 aliphatic heterocycles. The Morgan fingerprint density at radius 3 is 2.90 bits per heavy atom. The van der Waals surface area contributed by atoms with E-state index in [1.54, 1.807) is 0 Å². The number of nitrogens with two attached hydrogens (primary N) is 1. The van der Waals surface area contributed by atoms with Crippen LogP contribution in [-0.2, 0) is 9.53 Å². The molecule has 1 heterocycles. The average molecular weight is 280 g/mol. The highest BCUT2D eigenvalue weighted by Crippen LogP contribution is 2.32. The molecule has 2 rings (SSSR count). The predicted molar refractivity (Wildman–Crippen MR) is 73.9 cm³/mol. The number of amides is 1. The quantitative estimate of drug-likeness (QED) is 0.746. The molecule has 0 fully saturated rings. The topological polar surface area (TPSA) is 82.8 Å². The van der Waals surface area contributed by atoms with E-state index in [2.05, 4.69) is 5.32 Å². The highest BCUT2D eigenvalue weighted by Gasteiger charge is 2.15. The number of hydrogen-bond donors (Lipinski definition) is 2. The van der Waals surface area contributed by atoms with Crippen LogP contribution in [0.15, 0.2) is 18.2 Å². The Balaban J connectivity index is 1.91. The van der Waals surface area contributed by atoms with E-state index >= 15 is 0 Å². The lowest BCUT2D eigenvalue weighted by molar-refractivity contribution is -0.126. The van der Waals surface area contributed by atoms with Gasteiger partial charge in [0.15, 0.2) is 11.5 Å². The fraction of sp³-hybridized carbons (Fsp3) is 0.500. The Bertz CT molecular complexity index is 464. The van der Waals surface area contributed by atoms with E-state index in [0.29, 0.717) is 32.1 Å². The molecule has 1 atom stereocenters. The van der Waals surface area contributed by atoms with Gasteiger partial charge in [-0.3, -0.25) is 4.79 Å². The minimum Gasteiger partial charge on any atom is -0.486 e. The maximum atomic E-state index is 11.7. The van der Waals surface area contributed by atoms with Gasteiger partial charge in [-0.2, -0.15) is 0 Å². The zero-order chi connectivity index (χ0) is 14.4. The zero-order valence-electron chi connectivity index (χ0n) is 11.6. The number of carbonyl (C=O) groups excluding carboxylic acids is 1. The molecule has 0 bridgehead atoms.